The van der Waals surface area contributed by atoms with Crippen molar-refractivity contribution in [3.63, 3.8) is 0 Å². The molecule has 0 fully saturated rings. The molecule has 1 heterocycles. The Morgan fingerprint density at radius 1 is 1.45 bits per heavy atom. The van der Waals surface area contributed by atoms with Crippen LogP contribution in [-0.4, -0.2) is 46.1 Å². The second-order valence-corrected chi connectivity index (χ2v) is 7.22. The van der Waals surface area contributed by atoms with Gasteiger partial charge < -0.3 is 10.1 Å². The number of hydrogen-bond acceptors (Lipinski definition) is 4. The third-order valence-electron chi connectivity index (χ3n) is 3.06. The molecule has 1 N–H and O–H groups in total. The van der Waals surface area contributed by atoms with Crippen LogP contribution in [0.1, 0.15) is 26.2 Å². The molecule has 1 aliphatic heterocycles. The molecule has 0 aromatic carbocycles. The maximum atomic E-state index is 12.5. The van der Waals surface area contributed by atoms with E-state index in [1.807, 2.05) is 0 Å². The molecule has 0 saturated carbocycles. The van der Waals surface area contributed by atoms with E-state index in [9.17, 15) is 14.4 Å². The molecule has 1 aliphatic rings. The Morgan fingerprint density at radius 2 is 2.09 bits per heavy atom. The summed E-state index contributed by atoms with van der Waals surface area (Å²) in [6.45, 7) is 1.68. The van der Waals surface area contributed by atoms with Crippen LogP contribution in [0.4, 0.5) is 0 Å². The van der Waals surface area contributed by atoms with Gasteiger partial charge in [0, 0.05) is 12.5 Å². The number of nitrogens with one attached hydrogen (secondary N) is 1. The van der Waals surface area contributed by atoms with Gasteiger partial charge in [0.25, 0.3) is 11.8 Å². The molecule has 0 aromatic heterocycles. The van der Waals surface area contributed by atoms with Gasteiger partial charge in [-0.05, 0) is 12.8 Å². The summed E-state index contributed by atoms with van der Waals surface area (Å²) in [4.78, 5) is 36.8. The van der Waals surface area contributed by atoms with E-state index in [0.29, 0.717) is 5.76 Å². The van der Waals surface area contributed by atoms with Crippen LogP contribution in [0.3, 0.4) is 0 Å². The van der Waals surface area contributed by atoms with Crippen LogP contribution in [0.2, 0.25) is 0 Å². The minimum Gasteiger partial charge on any atom is -0.499 e. The van der Waals surface area contributed by atoms with Gasteiger partial charge in [0.2, 0.25) is 5.91 Å². The molecule has 1 rings (SSSR count). The summed E-state index contributed by atoms with van der Waals surface area (Å²) in [6, 6.07) is -0.934. The largest absolute Gasteiger partial charge is 0.499 e. The van der Waals surface area contributed by atoms with Gasteiger partial charge in [0.05, 0.1) is 13.7 Å². The minimum atomic E-state index is -1.54. The number of methoxy groups -OCH3 is 1. The number of hydrogen-bond donors (Lipinski definition) is 1. The van der Waals surface area contributed by atoms with Crippen molar-refractivity contribution in [1.82, 2.24) is 10.2 Å². The highest BCUT2D eigenvalue weighted by atomic mass is 35.6. The molecule has 6 nitrogen and oxygen atoms in total. The quantitative estimate of drug-likeness (QED) is 0.724. The van der Waals surface area contributed by atoms with Gasteiger partial charge in [0.1, 0.15) is 11.8 Å². The first-order valence-corrected chi connectivity index (χ1v) is 7.77. The van der Waals surface area contributed by atoms with Crippen LogP contribution in [0, 0.1) is 0 Å². The maximum Gasteiger partial charge on any atom is 0.257 e. The summed E-state index contributed by atoms with van der Waals surface area (Å²) in [5, 5.41) is 2.55. The number of carbonyl (C=O) groups excluding carboxylic acids is 3. The standard InChI is InChI=1S/C13H17Cl3N2O4/c1-3-10(19)17-9(4-5-13(14,15)16)12(21)18-7-8(22-2)6-11(18)20/h6,9H,3-5,7H2,1-2H3,(H,17,19). The lowest BCUT2D eigenvalue weighted by Crippen LogP contribution is -2.49. The van der Waals surface area contributed by atoms with Gasteiger partial charge >= 0.3 is 0 Å². The number of halogens is 3. The van der Waals surface area contributed by atoms with Crippen molar-refractivity contribution in [3.8, 4) is 0 Å². The van der Waals surface area contributed by atoms with Gasteiger partial charge in [-0.3, -0.25) is 19.3 Å². The zero-order valence-electron chi connectivity index (χ0n) is 12.2. The number of ether oxygens (including phenoxy) is 1. The Hall–Kier alpha value is -0.980. The first-order valence-electron chi connectivity index (χ1n) is 6.64. The van der Waals surface area contributed by atoms with E-state index in [1.54, 1.807) is 6.92 Å². The lowest BCUT2D eigenvalue weighted by atomic mass is 10.1. The van der Waals surface area contributed by atoms with E-state index in [1.165, 1.54) is 13.2 Å². The van der Waals surface area contributed by atoms with Crippen LogP contribution in [0.15, 0.2) is 11.8 Å². The van der Waals surface area contributed by atoms with E-state index in [4.69, 9.17) is 39.5 Å². The van der Waals surface area contributed by atoms with Crippen molar-refractivity contribution >= 4 is 52.5 Å². The van der Waals surface area contributed by atoms with Gasteiger partial charge in [-0.1, -0.05) is 41.7 Å². The molecule has 1 unspecified atom stereocenters. The van der Waals surface area contributed by atoms with E-state index < -0.39 is 21.6 Å². The maximum absolute atomic E-state index is 12.5. The van der Waals surface area contributed by atoms with E-state index in [-0.39, 0.29) is 31.7 Å². The highest BCUT2D eigenvalue weighted by Crippen LogP contribution is 2.32. The fraction of sp³-hybridized carbons (Fsp3) is 0.615. The lowest BCUT2D eigenvalue weighted by molar-refractivity contribution is -0.143. The summed E-state index contributed by atoms with van der Waals surface area (Å²) < 4.78 is 3.41. The number of rotatable bonds is 6. The Morgan fingerprint density at radius 3 is 2.55 bits per heavy atom. The van der Waals surface area contributed by atoms with Gasteiger partial charge in [-0.15, -0.1) is 0 Å². The second kappa shape index (κ2) is 8.04. The number of amides is 3. The average Bonchev–Trinajstić information content (AvgIpc) is 2.82. The Kier molecular flexibility index (Phi) is 6.97. The number of nitrogens with zero attached hydrogens (tertiary/aromatic N) is 1. The van der Waals surface area contributed by atoms with Gasteiger partial charge in [-0.25, -0.2) is 0 Å². The molecule has 124 valence electrons. The third-order valence-corrected chi connectivity index (χ3v) is 3.63. The molecule has 0 spiro atoms. The third kappa shape index (κ3) is 5.66. The topological polar surface area (TPSA) is 75.7 Å². The average molecular weight is 372 g/mol. The molecule has 0 bridgehead atoms. The zero-order chi connectivity index (χ0) is 16.9. The fourth-order valence-electron chi connectivity index (χ4n) is 1.85. The van der Waals surface area contributed by atoms with Crippen molar-refractivity contribution in [3.05, 3.63) is 11.8 Å². The van der Waals surface area contributed by atoms with Crippen LogP contribution < -0.4 is 5.32 Å². The molecule has 0 aliphatic carbocycles. The molecule has 0 radical (unpaired) electrons. The molecule has 0 aromatic rings. The van der Waals surface area contributed by atoms with Crippen LogP contribution in [0.5, 0.6) is 0 Å². The van der Waals surface area contributed by atoms with E-state index in [0.717, 1.165) is 4.90 Å². The number of imide groups is 1. The minimum absolute atomic E-state index is 0.0282. The molecule has 3 amide bonds. The number of alkyl halides is 3. The van der Waals surface area contributed by atoms with Crippen molar-refractivity contribution < 1.29 is 19.1 Å². The van der Waals surface area contributed by atoms with Gasteiger partial charge in [0.15, 0.2) is 3.79 Å². The predicted molar refractivity (Wildman–Crippen MR) is 83.6 cm³/mol. The number of carbonyl (C=O) groups is 3. The Labute approximate surface area is 143 Å². The SMILES string of the molecule is CCC(=O)NC(CCC(Cl)(Cl)Cl)C(=O)N1CC(OC)=CC1=O. The lowest BCUT2D eigenvalue weighted by Gasteiger charge is -2.24. The summed E-state index contributed by atoms with van der Waals surface area (Å²) in [5.41, 5.74) is 0. The van der Waals surface area contributed by atoms with Crippen LogP contribution >= 0.6 is 34.8 Å². The Bertz CT molecular complexity index is 488. The van der Waals surface area contributed by atoms with Crippen molar-refractivity contribution in [1.29, 1.82) is 0 Å². The van der Waals surface area contributed by atoms with E-state index >= 15 is 0 Å². The molecule has 9 heteroatoms. The summed E-state index contributed by atoms with van der Waals surface area (Å²) in [7, 11) is 1.41. The van der Waals surface area contributed by atoms with Crippen molar-refractivity contribution in [2.24, 2.45) is 0 Å². The monoisotopic (exact) mass is 370 g/mol. The Balaban J connectivity index is 2.79. The molecule has 22 heavy (non-hydrogen) atoms. The summed E-state index contributed by atoms with van der Waals surface area (Å²) in [6.07, 6.45) is 1.59. The van der Waals surface area contributed by atoms with E-state index in [2.05, 4.69) is 5.32 Å². The fourth-order valence-corrected chi connectivity index (χ4v) is 2.18. The highest BCUT2D eigenvalue weighted by Gasteiger charge is 2.34. The highest BCUT2D eigenvalue weighted by molar-refractivity contribution is 6.67. The predicted octanol–water partition coefficient (Wildman–Crippen LogP) is 1.93. The van der Waals surface area contributed by atoms with Crippen molar-refractivity contribution in [2.75, 3.05) is 13.7 Å². The summed E-state index contributed by atoms with van der Waals surface area (Å²) >= 11 is 17.0. The molecular formula is C13H17Cl3N2O4. The van der Waals surface area contributed by atoms with Crippen LogP contribution in [-0.2, 0) is 19.1 Å². The molecular weight excluding hydrogens is 355 g/mol. The molecule has 0 saturated heterocycles. The first-order chi connectivity index (χ1) is 10.2. The smallest absolute Gasteiger partial charge is 0.257 e. The summed E-state index contributed by atoms with van der Waals surface area (Å²) in [5.74, 6) is -0.995. The van der Waals surface area contributed by atoms with Crippen molar-refractivity contribution in [2.45, 2.75) is 36.0 Å². The normalized spacial score (nSPS) is 16.3. The first kappa shape index (κ1) is 19.1. The zero-order valence-corrected chi connectivity index (χ0v) is 14.5. The van der Waals surface area contributed by atoms with Gasteiger partial charge in [-0.2, -0.15) is 0 Å². The molecule has 1 atom stereocenters. The van der Waals surface area contributed by atoms with Crippen LogP contribution in [0.25, 0.3) is 0 Å². The second-order valence-electron chi connectivity index (χ2n) is 4.70.